The second-order valence-electron chi connectivity index (χ2n) is 6.70. The van der Waals surface area contributed by atoms with Crippen molar-refractivity contribution in [3.05, 3.63) is 71.4 Å². The van der Waals surface area contributed by atoms with E-state index in [9.17, 15) is 4.79 Å². The van der Waals surface area contributed by atoms with Crippen molar-refractivity contribution in [2.24, 2.45) is 7.05 Å². The Morgan fingerprint density at radius 3 is 2.75 bits per heavy atom. The number of amides is 1. The molecule has 0 fully saturated rings. The number of pyridine rings is 1. The molecule has 0 unspecified atom stereocenters. The van der Waals surface area contributed by atoms with Gasteiger partial charge in [-0.05, 0) is 12.1 Å². The summed E-state index contributed by atoms with van der Waals surface area (Å²) in [4.78, 5) is 21.7. The van der Waals surface area contributed by atoms with E-state index in [-0.39, 0.29) is 11.8 Å². The Bertz CT molecular complexity index is 1150. The molecule has 1 amide bonds. The fraction of sp³-hybridized carbons (Fsp3) is 0.143. The first kappa shape index (κ1) is 16.8. The van der Waals surface area contributed by atoms with E-state index in [2.05, 4.69) is 15.4 Å². The third-order valence-electron chi connectivity index (χ3n) is 4.89. The van der Waals surface area contributed by atoms with Gasteiger partial charge in [0.2, 0.25) is 5.91 Å². The Balaban J connectivity index is 1.63. The molecule has 6 nitrogen and oxygen atoms in total. The van der Waals surface area contributed by atoms with Crippen molar-refractivity contribution in [1.82, 2.24) is 19.7 Å². The Morgan fingerprint density at radius 1 is 1.14 bits per heavy atom. The van der Waals surface area contributed by atoms with Crippen molar-refractivity contribution < 1.29 is 4.79 Å². The first-order valence-electron chi connectivity index (χ1n) is 8.99. The SMILES string of the molecule is Cn1nc(-c2ccccn2)c2c1NC(=O)C[C@H]2c1csc(-c2ccccc2)n1. The van der Waals surface area contributed by atoms with E-state index in [0.29, 0.717) is 6.42 Å². The summed E-state index contributed by atoms with van der Waals surface area (Å²) in [5.41, 5.74) is 4.53. The van der Waals surface area contributed by atoms with Crippen LogP contribution in [0.1, 0.15) is 23.6 Å². The molecule has 3 aromatic heterocycles. The van der Waals surface area contributed by atoms with Crippen molar-refractivity contribution in [3.8, 4) is 22.0 Å². The molecule has 1 aliphatic rings. The number of carbonyl (C=O) groups is 1. The average molecular weight is 387 g/mol. The first-order chi connectivity index (χ1) is 13.7. The Hall–Kier alpha value is -3.32. The third-order valence-corrected chi connectivity index (χ3v) is 5.80. The number of carbonyl (C=O) groups excluding carboxylic acids is 1. The topological polar surface area (TPSA) is 72.7 Å². The van der Waals surface area contributed by atoms with Crippen LogP contribution in [0.25, 0.3) is 22.0 Å². The molecule has 1 aromatic carbocycles. The number of rotatable bonds is 3. The molecular weight excluding hydrogens is 370 g/mol. The van der Waals surface area contributed by atoms with Crippen LogP contribution in [0.15, 0.2) is 60.1 Å². The van der Waals surface area contributed by atoms with Crippen LogP contribution in [0.3, 0.4) is 0 Å². The smallest absolute Gasteiger partial charge is 0.226 e. The lowest BCUT2D eigenvalue weighted by Crippen LogP contribution is -2.24. The third kappa shape index (κ3) is 2.80. The molecule has 0 radical (unpaired) electrons. The number of benzene rings is 1. The number of hydrogen-bond donors (Lipinski definition) is 1. The number of nitrogens with one attached hydrogen (secondary N) is 1. The molecule has 0 saturated heterocycles. The van der Waals surface area contributed by atoms with Crippen LogP contribution >= 0.6 is 11.3 Å². The molecule has 5 rings (SSSR count). The summed E-state index contributed by atoms with van der Waals surface area (Å²) in [7, 11) is 1.84. The molecule has 0 bridgehead atoms. The minimum absolute atomic E-state index is 0.0256. The maximum absolute atomic E-state index is 12.4. The molecule has 1 atom stereocenters. The van der Waals surface area contributed by atoms with Gasteiger partial charge in [-0.2, -0.15) is 5.10 Å². The zero-order valence-corrected chi connectivity index (χ0v) is 16.0. The maximum atomic E-state index is 12.4. The van der Waals surface area contributed by atoms with Gasteiger partial charge < -0.3 is 5.32 Å². The number of thiazole rings is 1. The molecule has 7 heteroatoms. The lowest BCUT2D eigenvalue weighted by molar-refractivity contribution is -0.116. The number of nitrogens with zero attached hydrogens (tertiary/aromatic N) is 4. The van der Waals surface area contributed by atoms with Crippen molar-refractivity contribution >= 4 is 23.1 Å². The molecule has 1 aliphatic heterocycles. The van der Waals surface area contributed by atoms with Gasteiger partial charge in [0, 0.05) is 42.1 Å². The molecule has 138 valence electrons. The lowest BCUT2D eigenvalue weighted by atomic mass is 9.88. The van der Waals surface area contributed by atoms with Crippen molar-refractivity contribution in [1.29, 1.82) is 0 Å². The van der Waals surface area contributed by atoms with Gasteiger partial charge in [-0.25, -0.2) is 4.98 Å². The Labute approximate surface area is 165 Å². The summed E-state index contributed by atoms with van der Waals surface area (Å²) >= 11 is 1.60. The van der Waals surface area contributed by atoms with Gasteiger partial charge in [0.05, 0.1) is 11.4 Å². The van der Waals surface area contributed by atoms with E-state index in [1.807, 2.05) is 61.0 Å². The summed E-state index contributed by atoms with van der Waals surface area (Å²) in [5, 5.41) is 10.6. The number of fused-ring (bicyclic) bond motifs is 1. The molecule has 0 spiro atoms. The predicted octanol–water partition coefficient (Wildman–Crippen LogP) is 4.08. The highest BCUT2D eigenvalue weighted by molar-refractivity contribution is 7.13. The average Bonchev–Trinajstić information content (AvgIpc) is 3.35. The van der Waals surface area contributed by atoms with Crippen LogP contribution in [-0.4, -0.2) is 25.7 Å². The van der Waals surface area contributed by atoms with Crippen molar-refractivity contribution in [3.63, 3.8) is 0 Å². The molecular formula is C21H17N5OS. The number of anilines is 1. The quantitative estimate of drug-likeness (QED) is 0.575. The predicted molar refractivity (Wildman–Crippen MR) is 109 cm³/mol. The minimum atomic E-state index is -0.150. The van der Waals surface area contributed by atoms with Crippen LogP contribution in [0.2, 0.25) is 0 Å². The van der Waals surface area contributed by atoms with E-state index in [0.717, 1.165) is 39.0 Å². The first-order valence-corrected chi connectivity index (χ1v) is 9.87. The van der Waals surface area contributed by atoms with Crippen LogP contribution in [0.4, 0.5) is 5.82 Å². The van der Waals surface area contributed by atoms with Crippen molar-refractivity contribution in [2.45, 2.75) is 12.3 Å². The molecule has 28 heavy (non-hydrogen) atoms. The highest BCUT2D eigenvalue weighted by Gasteiger charge is 2.35. The van der Waals surface area contributed by atoms with E-state index in [1.165, 1.54) is 0 Å². The largest absolute Gasteiger partial charge is 0.311 e. The molecule has 1 N–H and O–H groups in total. The van der Waals surface area contributed by atoms with Gasteiger partial charge in [0.25, 0.3) is 0 Å². The highest BCUT2D eigenvalue weighted by atomic mass is 32.1. The number of aromatic nitrogens is 4. The van der Waals surface area contributed by atoms with E-state index in [4.69, 9.17) is 4.98 Å². The second-order valence-corrected chi connectivity index (χ2v) is 7.56. The van der Waals surface area contributed by atoms with Crippen LogP contribution in [0, 0.1) is 0 Å². The van der Waals surface area contributed by atoms with Crippen LogP contribution < -0.4 is 5.32 Å². The molecule has 4 heterocycles. The minimum Gasteiger partial charge on any atom is -0.311 e. The monoisotopic (exact) mass is 387 g/mol. The summed E-state index contributed by atoms with van der Waals surface area (Å²) in [6, 6.07) is 15.8. The van der Waals surface area contributed by atoms with Gasteiger partial charge in [-0.1, -0.05) is 36.4 Å². The molecule has 0 aliphatic carbocycles. The number of aryl methyl sites for hydroxylation is 1. The number of hydrogen-bond acceptors (Lipinski definition) is 5. The highest BCUT2D eigenvalue weighted by Crippen LogP contribution is 2.43. The van der Waals surface area contributed by atoms with Crippen LogP contribution in [-0.2, 0) is 11.8 Å². The summed E-state index contributed by atoms with van der Waals surface area (Å²) < 4.78 is 1.72. The maximum Gasteiger partial charge on any atom is 0.226 e. The zero-order valence-electron chi connectivity index (χ0n) is 15.2. The normalized spacial score (nSPS) is 15.9. The van der Waals surface area contributed by atoms with Crippen molar-refractivity contribution in [2.75, 3.05) is 5.32 Å². The Morgan fingerprint density at radius 2 is 1.96 bits per heavy atom. The lowest BCUT2D eigenvalue weighted by Gasteiger charge is -2.22. The summed E-state index contributed by atoms with van der Waals surface area (Å²) in [6.45, 7) is 0. The van der Waals surface area contributed by atoms with Gasteiger partial charge in [0.15, 0.2) is 0 Å². The zero-order chi connectivity index (χ0) is 19.1. The van der Waals surface area contributed by atoms with E-state index in [1.54, 1.807) is 22.2 Å². The standard InChI is InChI=1S/C21H17N5OS/c1-26-20-18(19(25-26)15-9-5-6-10-22-15)14(11-17(27)24-20)16-12-28-21(23-16)13-7-3-2-4-8-13/h2-10,12,14H,11H2,1H3,(H,24,27)/t14-/m0/s1. The van der Waals surface area contributed by atoms with Gasteiger partial charge in [-0.15, -0.1) is 11.3 Å². The Kier molecular flexibility index (Phi) is 4.02. The summed E-state index contributed by atoms with van der Waals surface area (Å²) in [6.07, 6.45) is 2.10. The summed E-state index contributed by atoms with van der Waals surface area (Å²) in [5.74, 6) is 0.543. The molecule has 4 aromatic rings. The molecule has 0 saturated carbocycles. The van der Waals surface area contributed by atoms with Gasteiger partial charge >= 0.3 is 0 Å². The second kappa shape index (κ2) is 6.69. The fourth-order valence-corrected chi connectivity index (χ4v) is 4.47. The fourth-order valence-electron chi connectivity index (χ4n) is 3.59. The van der Waals surface area contributed by atoms with Gasteiger partial charge in [0.1, 0.15) is 16.5 Å². The van der Waals surface area contributed by atoms with E-state index >= 15 is 0 Å². The van der Waals surface area contributed by atoms with Gasteiger partial charge in [-0.3, -0.25) is 14.5 Å². The van der Waals surface area contributed by atoms with E-state index < -0.39 is 0 Å². The van der Waals surface area contributed by atoms with Crippen LogP contribution in [0.5, 0.6) is 0 Å².